The number of carbonyl (C=O) groups is 1. The van der Waals surface area contributed by atoms with Crippen LogP contribution in [0.15, 0.2) is 53.4 Å². The fraction of sp³-hybridized carbons (Fsp3) is 0.350. The van der Waals surface area contributed by atoms with Gasteiger partial charge in [-0.05, 0) is 41.7 Å². The molecule has 0 bridgehead atoms. The van der Waals surface area contributed by atoms with Crippen LogP contribution in [0.4, 0.5) is 0 Å². The zero-order valence-electron chi connectivity index (χ0n) is 15.7. The van der Waals surface area contributed by atoms with Crippen LogP contribution in [0.3, 0.4) is 0 Å². The van der Waals surface area contributed by atoms with Crippen molar-refractivity contribution in [3.63, 3.8) is 0 Å². The fourth-order valence-electron chi connectivity index (χ4n) is 2.55. The third-order valence-electron chi connectivity index (χ3n) is 4.17. The standard InChI is InChI=1S/C20H25NO4S/c1-14(15-9-11-17(12-10-15)20(2,3)4)21-26(23,24)18-8-6-7-16(13-18)19(22)25-5/h6-14,21H,1-5H3/t14-/m0/s1. The normalized spacial score (nSPS) is 13.3. The van der Waals surface area contributed by atoms with Crippen LogP contribution in [-0.2, 0) is 20.2 Å². The Bertz CT molecular complexity index is 881. The number of benzene rings is 2. The first-order valence-corrected chi connectivity index (χ1v) is 9.84. The van der Waals surface area contributed by atoms with Gasteiger partial charge in [0, 0.05) is 6.04 Å². The lowest BCUT2D eigenvalue weighted by atomic mass is 9.86. The van der Waals surface area contributed by atoms with Gasteiger partial charge in [-0.3, -0.25) is 0 Å². The highest BCUT2D eigenvalue weighted by molar-refractivity contribution is 7.89. The van der Waals surface area contributed by atoms with Crippen molar-refractivity contribution in [2.45, 2.75) is 44.0 Å². The SMILES string of the molecule is COC(=O)c1cccc(S(=O)(=O)N[C@@H](C)c2ccc(C(C)(C)C)cc2)c1. The fourth-order valence-corrected chi connectivity index (χ4v) is 3.83. The largest absolute Gasteiger partial charge is 0.465 e. The lowest BCUT2D eigenvalue weighted by Gasteiger charge is -2.20. The first kappa shape index (κ1) is 20.1. The van der Waals surface area contributed by atoms with Crippen molar-refractivity contribution in [3.05, 3.63) is 65.2 Å². The van der Waals surface area contributed by atoms with Crippen molar-refractivity contribution in [2.24, 2.45) is 0 Å². The molecule has 0 saturated heterocycles. The summed E-state index contributed by atoms with van der Waals surface area (Å²) >= 11 is 0. The van der Waals surface area contributed by atoms with Crippen molar-refractivity contribution < 1.29 is 17.9 Å². The number of hydrogen-bond acceptors (Lipinski definition) is 4. The number of nitrogens with one attached hydrogen (secondary N) is 1. The number of methoxy groups -OCH3 is 1. The summed E-state index contributed by atoms with van der Waals surface area (Å²) in [5, 5.41) is 0. The summed E-state index contributed by atoms with van der Waals surface area (Å²) < 4.78 is 32.6. The molecule has 0 amide bonds. The van der Waals surface area contributed by atoms with Crippen molar-refractivity contribution in [3.8, 4) is 0 Å². The molecule has 0 saturated carbocycles. The molecule has 1 N–H and O–H groups in total. The van der Waals surface area contributed by atoms with E-state index < -0.39 is 22.0 Å². The molecular formula is C20H25NO4S. The highest BCUT2D eigenvalue weighted by Gasteiger charge is 2.20. The molecule has 0 heterocycles. The Kier molecular flexibility index (Phi) is 5.88. The van der Waals surface area contributed by atoms with Crippen molar-refractivity contribution in [1.82, 2.24) is 4.72 Å². The van der Waals surface area contributed by atoms with Gasteiger partial charge in [-0.25, -0.2) is 17.9 Å². The zero-order valence-corrected chi connectivity index (χ0v) is 16.6. The number of hydrogen-bond donors (Lipinski definition) is 1. The van der Waals surface area contributed by atoms with E-state index in [1.807, 2.05) is 24.3 Å². The number of esters is 1. The molecular weight excluding hydrogens is 350 g/mol. The molecule has 0 unspecified atom stereocenters. The maximum atomic E-state index is 12.6. The monoisotopic (exact) mass is 375 g/mol. The molecule has 1 atom stereocenters. The molecule has 0 aliphatic rings. The predicted molar refractivity (Wildman–Crippen MR) is 102 cm³/mol. The second-order valence-corrected chi connectivity index (χ2v) is 8.95. The van der Waals surface area contributed by atoms with Crippen LogP contribution in [0.5, 0.6) is 0 Å². The molecule has 140 valence electrons. The van der Waals surface area contributed by atoms with E-state index in [-0.39, 0.29) is 15.9 Å². The van der Waals surface area contributed by atoms with E-state index in [1.54, 1.807) is 6.92 Å². The first-order chi connectivity index (χ1) is 12.0. The lowest BCUT2D eigenvalue weighted by molar-refractivity contribution is 0.0600. The highest BCUT2D eigenvalue weighted by Crippen LogP contribution is 2.24. The first-order valence-electron chi connectivity index (χ1n) is 8.36. The smallest absolute Gasteiger partial charge is 0.337 e. The van der Waals surface area contributed by atoms with Crippen LogP contribution in [0.25, 0.3) is 0 Å². The van der Waals surface area contributed by atoms with Gasteiger partial charge in [-0.1, -0.05) is 51.1 Å². The minimum absolute atomic E-state index is 0.0264. The van der Waals surface area contributed by atoms with E-state index in [4.69, 9.17) is 0 Å². The summed E-state index contributed by atoms with van der Waals surface area (Å²) in [5.41, 5.74) is 2.28. The Morgan fingerprint density at radius 3 is 2.23 bits per heavy atom. The summed E-state index contributed by atoms with van der Waals surface area (Å²) in [6.07, 6.45) is 0. The summed E-state index contributed by atoms with van der Waals surface area (Å²) in [4.78, 5) is 11.6. The zero-order chi connectivity index (χ0) is 19.5. The molecule has 6 heteroatoms. The number of sulfonamides is 1. The third kappa shape index (κ3) is 4.71. The van der Waals surface area contributed by atoms with Crippen molar-refractivity contribution in [1.29, 1.82) is 0 Å². The molecule has 2 aromatic carbocycles. The van der Waals surface area contributed by atoms with Crippen molar-refractivity contribution in [2.75, 3.05) is 7.11 Å². The van der Waals surface area contributed by atoms with Gasteiger partial charge >= 0.3 is 5.97 Å². The Labute approximate surface area is 155 Å². The molecule has 0 aromatic heterocycles. The second kappa shape index (κ2) is 7.60. The molecule has 0 fully saturated rings. The van der Waals surface area contributed by atoms with Gasteiger partial charge in [0.2, 0.25) is 10.0 Å². The lowest BCUT2D eigenvalue weighted by Crippen LogP contribution is -2.27. The maximum Gasteiger partial charge on any atom is 0.337 e. The van der Waals surface area contributed by atoms with Gasteiger partial charge in [-0.2, -0.15) is 0 Å². The highest BCUT2D eigenvalue weighted by atomic mass is 32.2. The van der Waals surface area contributed by atoms with Gasteiger partial charge < -0.3 is 4.74 Å². The molecule has 2 aromatic rings. The minimum atomic E-state index is -3.77. The van der Waals surface area contributed by atoms with Crippen LogP contribution in [0.2, 0.25) is 0 Å². The average Bonchev–Trinajstić information content (AvgIpc) is 2.60. The maximum absolute atomic E-state index is 12.6. The molecule has 0 radical (unpaired) electrons. The van der Waals surface area contributed by atoms with E-state index in [1.165, 1.54) is 36.9 Å². The van der Waals surface area contributed by atoms with Gasteiger partial charge in [0.05, 0.1) is 17.6 Å². The molecule has 5 nitrogen and oxygen atoms in total. The van der Waals surface area contributed by atoms with Crippen LogP contribution in [-0.4, -0.2) is 21.5 Å². The molecule has 0 spiro atoms. The number of rotatable bonds is 5. The summed E-state index contributed by atoms with van der Waals surface area (Å²) in [6, 6.07) is 13.3. The van der Waals surface area contributed by atoms with Crippen LogP contribution < -0.4 is 4.72 Å². The number of ether oxygens (including phenoxy) is 1. The molecule has 0 aliphatic carbocycles. The van der Waals surface area contributed by atoms with Gasteiger partial charge in [0.25, 0.3) is 0 Å². The summed E-state index contributed by atoms with van der Waals surface area (Å²) in [6.45, 7) is 8.17. The molecule has 26 heavy (non-hydrogen) atoms. The van der Waals surface area contributed by atoms with Crippen LogP contribution in [0.1, 0.15) is 55.2 Å². The molecule has 0 aliphatic heterocycles. The van der Waals surface area contributed by atoms with Gasteiger partial charge in [0.1, 0.15) is 0 Å². The Balaban J connectivity index is 2.22. The van der Waals surface area contributed by atoms with Gasteiger partial charge in [-0.15, -0.1) is 0 Å². The van der Waals surface area contributed by atoms with E-state index in [0.29, 0.717) is 0 Å². The Morgan fingerprint density at radius 2 is 1.69 bits per heavy atom. The van der Waals surface area contributed by atoms with Crippen LogP contribution in [0, 0.1) is 0 Å². The summed E-state index contributed by atoms with van der Waals surface area (Å²) in [7, 11) is -2.51. The van der Waals surface area contributed by atoms with E-state index in [9.17, 15) is 13.2 Å². The number of carbonyl (C=O) groups excluding carboxylic acids is 1. The van der Waals surface area contributed by atoms with Crippen molar-refractivity contribution >= 4 is 16.0 Å². The van der Waals surface area contributed by atoms with E-state index in [0.717, 1.165) is 5.56 Å². The predicted octanol–water partition coefficient (Wildman–Crippen LogP) is 3.81. The average molecular weight is 375 g/mol. The quantitative estimate of drug-likeness (QED) is 0.807. The van der Waals surface area contributed by atoms with Crippen LogP contribution >= 0.6 is 0 Å². The Morgan fingerprint density at radius 1 is 1.08 bits per heavy atom. The summed E-state index contributed by atoms with van der Waals surface area (Å²) in [5.74, 6) is -0.576. The third-order valence-corrected chi connectivity index (χ3v) is 5.71. The van der Waals surface area contributed by atoms with E-state index >= 15 is 0 Å². The van der Waals surface area contributed by atoms with E-state index in [2.05, 4.69) is 30.2 Å². The van der Waals surface area contributed by atoms with Gasteiger partial charge in [0.15, 0.2) is 0 Å². The second-order valence-electron chi connectivity index (χ2n) is 7.23. The minimum Gasteiger partial charge on any atom is -0.465 e. The Hall–Kier alpha value is -2.18. The topological polar surface area (TPSA) is 72.5 Å². The molecule has 2 rings (SSSR count).